The molecule has 2 heterocycles. The van der Waals surface area contributed by atoms with Crippen molar-refractivity contribution >= 4 is 17.7 Å². The quantitative estimate of drug-likeness (QED) is 0.789. The molecule has 1 aliphatic heterocycles. The molecular formula is C14H20N4O3. The molecule has 7 heteroatoms. The fraction of sp³-hybridized carbons (Fsp3) is 0.571. The highest BCUT2D eigenvalue weighted by molar-refractivity contribution is 5.83. The number of amides is 1. The van der Waals surface area contributed by atoms with Gasteiger partial charge in [0.1, 0.15) is 12.4 Å². The van der Waals surface area contributed by atoms with E-state index in [4.69, 9.17) is 4.74 Å². The Morgan fingerprint density at radius 3 is 2.76 bits per heavy atom. The topological polar surface area (TPSA) is 84.4 Å². The van der Waals surface area contributed by atoms with Gasteiger partial charge in [-0.15, -0.1) is 0 Å². The van der Waals surface area contributed by atoms with E-state index in [1.165, 1.54) is 0 Å². The van der Waals surface area contributed by atoms with Crippen molar-refractivity contribution in [2.75, 3.05) is 31.1 Å². The van der Waals surface area contributed by atoms with Crippen LogP contribution < -0.4 is 10.2 Å². The second-order valence-corrected chi connectivity index (χ2v) is 4.85. The zero-order valence-electron chi connectivity index (χ0n) is 12.1. The number of hydrogen-bond donors (Lipinski definition) is 1. The first-order valence-electron chi connectivity index (χ1n) is 7.15. The SMILES string of the molecule is CCOC(=O)CNC(=O)C1CCN(c2cnccn2)CC1. The fourth-order valence-electron chi connectivity index (χ4n) is 2.34. The van der Waals surface area contributed by atoms with Gasteiger partial charge in [-0.25, -0.2) is 4.98 Å². The van der Waals surface area contributed by atoms with Gasteiger partial charge in [0.15, 0.2) is 0 Å². The molecule has 1 fully saturated rings. The summed E-state index contributed by atoms with van der Waals surface area (Å²) in [7, 11) is 0. The highest BCUT2D eigenvalue weighted by Gasteiger charge is 2.25. The Hall–Kier alpha value is -2.18. The Balaban J connectivity index is 1.76. The second-order valence-electron chi connectivity index (χ2n) is 4.85. The van der Waals surface area contributed by atoms with Crippen LogP contribution in [0.2, 0.25) is 0 Å². The van der Waals surface area contributed by atoms with E-state index >= 15 is 0 Å². The van der Waals surface area contributed by atoms with E-state index in [1.54, 1.807) is 25.5 Å². The van der Waals surface area contributed by atoms with Crippen molar-refractivity contribution in [3.8, 4) is 0 Å². The van der Waals surface area contributed by atoms with Crippen LogP contribution in [0.5, 0.6) is 0 Å². The summed E-state index contributed by atoms with van der Waals surface area (Å²) in [6, 6.07) is 0. The van der Waals surface area contributed by atoms with Crippen LogP contribution in [-0.4, -0.2) is 48.1 Å². The molecule has 7 nitrogen and oxygen atoms in total. The fourth-order valence-corrected chi connectivity index (χ4v) is 2.34. The monoisotopic (exact) mass is 292 g/mol. The molecule has 1 saturated heterocycles. The third-order valence-corrected chi connectivity index (χ3v) is 3.45. The number of hydrogen-bond acceptors (Lipinski definition) is 6. The van der Waals surface area contributed by atoms with Gasteiger partial charge in [-0.2, -0.15) is 0 Å². The molecule has 0 saturated carbocycles. The summed E-state index contributed by atoms with van der Waals surface area (Å²) in [6.07, 6.45) is 6.50. The molecule has 0 aromatic carbocycles. The molecule has 0 radical (unpaired) electrons. The average molecular weight is 292 g/mol. The smallest absolute Gasteiger partial charge is 0.325 e. The minimum Gasteiger partial charge on any atom is -0.465 e. The van der Waals surface area contributed by atoms with E-state index in [1.807, 2.05) is 0 Å². The van der Waals surface area contributed by atoms with Gasteiger partial charge in [0.05, 0.1) is 12.8 Å². The molecule has 0 aliphatic carbocycles. The number of rotatable bonds is 5. The number of ether oxygens (including phenoxy) is 1. The van der Waals surface area contributed by atoms with Crippen LogP contribution in [0.4, 0.5) is 5.82 Å². The minimum absolute atomic E-state index is 0.0585. The minimum atomic E-state index is -0.400. The van der Waals surface area contributed by atoms with Crippen LogP contribution in [-0.2, 0) is 14.3 Å². The van der Waals surface area contributed by atoms with Gasteiger partial charge in [-0.1, -0.05) is 0 Å². The summed E-state index contributed by atoms with van der Waals surface area (Å²) in [4.78, 5) is 33.6. The summed E-state index contributed by atoms with van der Waals surface area (Å²) in [6.45, 7) is 3.52. The lowest BCUT2D eigenvalue weighted by molar-refractivity contribution is -0.143. The van der Waals surface area contributed by atoms with Crippen molar-refractivity contribution in [3.63, 3.8) is 0 Å². The molecule has 0 spiro atoms. The number of nitrogens with zero attached hydrogens (tertiary/aromatic N) is 3. The molecule has 1 aromatic rings. The van der Waals surface area contributed by atoms with Crippen molar-refractivity contribution in [1.82, 2.24) is 15.3 Å². The van der Waals surface area contributed by atoms with Crippen LogP contribution in [0.15, 0.2) is 18.6 Å². The maximum atomic E-state index is 12.0. The van der Waals surface area contributed by atoms with E-state index < -0.39 is 5.97 Å². The molecular weight excluding hydrogens is 272 g/mol. The average Bonchev–Trinajstić information content (AvgIpc) is 2.54. The summed E-state index contributed by atoms with van der Waals surface area (Å²) < 4.78 is 4.78. The number of carbonyl (C=O) groups excluding carboxylic acids is 2. The lowest BCUT2D eigenvalue weighted by Crippen LogP contribution is -2.42. The van der Waals surface area contributed by atoms with E-state index in [-0.39, 0.29) is 18.4 Å². The van der Waals surface area contributed by atoms with E-state index in [9.17, 15) is 9.59 Å². The highest BCUT2D eigenvalue weighted by atomic mass is 16.5. The number of esters is 1. The van der Waals surface area contributed by atoms with E-state index in [2.05, 4.69) is 20.2 Å². The van der Waals surface area contributed by atoms with Crippen molar-refractivity contribution in [3.05, 3.63) is 18.6 Å². The number of carbonyl (C=O) groups is 2. The normalized spacial score (nSPS) is 15.6. The van der Waals surface area contributed by atoms with Crippen molar-refractivity contribution in [2.24, 2.45) is 5.92 Å². The first kappa shape index (κ1) is 15.2. The summed E-state index contributed by atoms with van der Waals surface area (Å²) in [5.74, 6) is 0.292. The Labute approximate surface area is 123 Å². The Morgan fingerprint density at radius 2 is 2.14 bits per heavy atom. The van der Waals surface area contributed by atoms with Gasteiger partial charge in [0, 0.05) is 31.4 Å². The molecule has 0 unspecified atom stereocenters. The van der Waals surface area contributed by atoms with Gasteiger partial charge in [0.2, 0.25) is 5.91 Å². The zero-order valence-corrected chi connectivity index (χ0v) is 12.1. The Bertz CT molecular complexity index is 472. The van der Waals surface area contributed by atoms with E-state index in [0.717, 1.165) is 31.7 Å². The number of aromatic nitrogens is 2. The molecule has 114 valence electrons. The van der Waals surface area contributed by atoms with Crippen LogP contribution in [0.25, 0.3) is 0 Å². The summed E-state index contributed by atoms with van der Waals surface area (Å²) >= 11 is 0. The Morgan fingerprint density at radius 1 is 1.38 bits per heavy atom. The molecule has 0 atom stereocenters. The van der Waals surface area contributed by atoms with Crippen LogP contribution in [0.3, 0.4) is 0 Å². The van der Waals surface area contributed by atoms with Crippen molar-refractivity contribution in [2.45, 2.75) is 19.8 Å². The first-order valence-corrected chi connectivity index (χ1v) is 7.15. The predicted octanol–water partition coefficient (Wildman–Crippen LogP) is 0.372. The zero-order chi connectivity index (χ0) is 15.1. The van der Waals surface area contributed by atoms with Gasteiger partial charge in [-0.3, -0.25) is 14.6 Å². The van der Waals surface area contributed by atoms with Crippen LogP contribution in [0, 0.1) is 5.92 Å². The first-order chi connectivity index (χ1) is 10.2. The number of anilines is 1. The predicted molar refractivity (Wildman–Crippen MR) is 76.6 cm³/mol. The number of nitrogens with one attached hydrogen (secondary N) is 1. The highest BCUT2D eigenvalue weighted by Crippen LogP contribution is 2.21. The van der Waals surface area contributed by atoms with Gasteiger partial charge >= 0.3 is 5.97 Å². The molecule has 2 rings (SSSR count). The van der Waals surface area contributed by atoms with Crippen LogP contribution >= 0.6 is 0 Å². The molecule has 1 aliphatic rings. The molecule has 1 amide bonds. The largest absolute Gasteiger partial charge is 0.465 e. The molecule has 1 N–H and O–H groups in total. The van der Waals surface area contributed by atoms with Gasteiger partial charge < -0.3 is 15.0 Å². The third-order valence-electron chi connectivity index (χ3n) is 3.45. The van der Waals surface area contributed by atoms with Crippen LogP contribution in [0.1, 0.15) is 19.8 Å². The van der Waals surface area contributed by atoms with Gasteiger partial charge in [0.25, 0.3) is 0 Å². The lowest BCUT2D eigenvalue weighted by Gasteiger charge is -2.31. The maximum Gasteiger partial charge on any atom is 0.325 e. The maximum absolute atomic E-state index is 12.0. The summed E-state index contributed by atoms with van der Waals surface area (Å²) in [5.41, 5.74) is 0. The van der Waals surface area contributed by atoms with Crippen molar-refractivity contribution in [1.29, 1.82) is 0 Å². The summed E-state index contributed by atoms with van der Waals surface area (Å²) in [5, 5.41) is 2.63. The second kappa shape index (κ2) is 7.56. The Kier molecular flexibility index (Phi) is 5.48. The molecule has 1 aromatic heterocycles. The van der Waals surface area contributed by atoms with E-state index in [0.29, 0.717) is 6.61 Å². The van der Waals surface area contributed by atoms with Crippen molar-refractivity contribution < 1.29 is 14.3 Å². The molecule has 0 bridgehead atoms. The third kappa shape index (κ3) is 4.40. The standard InChI is InChI=1S/C14H20N4O3/c1-2-21-13(19)10-17-14(20)11-3-7-18(8-4-11)12-9-15-5-6-16-12/h5-6,9,11H,2-4,7-8,10H2,1H3,(H,17,20). The molecule has 21 heavy (non-hydrogen) atoms. The lowest BCUT2D eigenvalue weighted by atomic mass is 9.96. The van der Waals surface area contributed by atoms with Gasteiger partial charge in [-0.05, 0) is 19.8 Å². The number of piperidine rings is 1.